The monoisotopic (exact) mass is 2090 g/mol. The van der Waals surface area contributed by atoms with E-state index in [0.717, 1.165) is 70.8 Å². The van der Waals surface area contributed by atoms with Crippen molar-refractivity contribution in [1.29, 1.82) is 0 Å². The van der Waals surface area contributed by atoms with Crippen molar-refractivity contribution in [2.45, 2.75) is 25.9 Å². The number of methoxy groups -OCH3 is 1. The van der Waals surface area contributed by atoms with Gasteiger partial charge in [0.15, 0.2) is 0 Å². The number of rotatable bonds is 21. The molecular formula is C121H104BrCl3N6O2P4Pd. The number of hydrogen-bond donors (Lipinski definition) is 3. The van der Waals surface area contributed by atoms with Crippen LogP contribution in [0.4, 0.5) is 11.6 Å². The van der Waals surface area contributed by atoms with Crippen molar-refractivity contribution in [3.05, 3.63) is 529 Å². The van der Waals surface area contributed by atoms with Gasteiger partial charge in [-0.3, -0.25) is 0 Å². The molecule has 17 heteroatoms. The number of pyridine rings is 2. The Hall–Kier alpha value is -12.7. The summed E-state index contributed by atoms with van der Waals surface area (Å²) in [5, 5.41) is 28.4. The number of aliphatic hydroxyl groups excluding tert-OH is 1. The predicted molar refractivity (Wildman–Crippen MR) is 600 cm³/mol. The van der Waals surface area contributed by atoms with E-state index in [2.05, 4.69) is 453 Å². The number of anilines is 2. The molecule has 0 saturated heterocycles. The topological polar surface area (TPSA) is 117 Å². The fraction of sp³-hybridized carbons (Fsp3) is 0.0579. The molecule has 5 N–H and O–H groups in total. The molecule has 0 radical (unpaired) electrons. The van der Waals surface area contributed by atoms with E-state index in [1.807, 2.05) is 84.9 Å². The third-order valence-electron chi connectivity index (χ3n) is 21.5. The second kappa shape index (κ2) is 56.2. The molecule has 0 aliphatic carbocycles. The van der Waals surface area contributed by atoms with Gasteiger partial charge in [-0.05, 0) is 168 Å². The smallest absolute Gasteiger partial charge is 0.123 e. The first-order valence-corrected chi connectivity index (χ1v) is 51.6. The van der Waals surface area contributed by atoms with Crippen LogP contribution >= 0.6 is 83.2 Å². The number of halogens is 4. The van der Waals surface area contributed by atoms with Gasteiger partial charge < -0.3 is 30.4 Å². The van der Waals surface area contributed by atoms with Gasteiger partial charge in [0, 0.05) is 87.9 Å². The molecule has 4 heterocycles. The van der Waals surface area contributed by atoms with Crippen LogP contribution in [0.15, 0.2) is 502 Å². The summed E-state index contributed by atoms with van der Waals surface area (Å²) in [6.07, 6.45) is 5.90. The summed E-state index contributed by atoms with van der Waals surface area (Å²) >= 11 is 16.6. The van der Waals surface area contributed by atoms with E-state index < -0.39 is 31.7 Å². The summed E-state index contributed by atoms with van der Waals surface area (Å²) in [4.78, 5) is 8.93. The normalized spacial score (nSPS) is 10.4. The summed E-state index contributed by atoms with van der Waals surface area (Å²) in [7, 11) is -0.102. The molecule has 0 atom stereocenters. The summed E-state index contributed by atoms with van der Waals surface area (Å²) in [5.74, 6) is 9.68. The van der Waals surface area contributed by atoms with E-state index in [4.69, 9.17) is 50.9 Å². The number of aliphatic hydroxyl groups is 1. The Balaban J connectivity index is 0.000000148. The number of nitrogen functional groups attached to an aromatic ring is 2. The van der Waals surface area contributed by atoms with Crippen molar-refractivity contribution in [3.63, 3.8) is 0 Å². The predicted octanol–water partition coefficient (Wildman–Crippen LogP) is 25.3. The van der Waals surface area contributed by atoms with Crippen LogP contribution in [-0.2, 0) is 38.2 Å². The van der Waals surface area contributed by atoms with E-state index in [0.29, 0.717) is 49.2 Å². The largest absolute Gasteiger partial charge is 0.395 e. The van der Waals surface area contributed by atoms with Crippen molar-refractivity contribution in [3.8, 4) is 46.7 Å². The van der Waals surface area contributed by atoms with Gasteiger partial charge in [-0.15, -0.1) is 24.8 Å². The minimum absolute atomic E-state index is 0. The summed E-state index contributed by atoms with van der Waals surface area (Å²) in [6, 6.07) is 173. The molecule has 0 fully saturated rings. The maximum atomic E-state index is 7.92. The summed E-state index contributed by atoms with van der Waals surface area (Å²) in [6.45, 7) is 1.93. The number of nitrogens with zero attached hydrogens (tertiary/aromatic N) is 4. The van der Waals surface area contributed by atoms with Gasteiger partial charge >= 0.3 is 0 Å². The van der Waals surface area contributed by atoms with Crippen LogP contribution < -0.4 is 75.1 Å². The molecule has 4 aromatic heterocycles. The molecule has 16 aromatic carbocycles. The van der Waals surface area contributed by atoms with Crippen LogP contribution in [0.25, 0.3) is 44.3 Å². The zero-order valence-electron chi connectivity index (χ0n) is 76.1. The molecule has 0 bridgehead atoms. The minimum atomic E-state index is -0.446. The molecule has 0 spiro atoms. The van der Waals surface area contributed by atoms with E-state index in [9.17, 15) is 0 Å². The molecule has 20 rings (SSSR count). The average molecular weight is 2090 g/mol. The number of fused-ring (bicyclic) bond motifs is 2. The van der Waals surface area contributed by atoms with Gasteiger partial charge in [-0.25, -0.2) is 9.97 Å². The van der Waals surface area contributed by atoms with E-state index in [1.54, 1.807) is 19.2 Å². The molecule has 0 aliphatic heterocycles. The zero-order chi connectivity index (χ0) is 94.1. The third kappa shape index (κ3) is 30.1. The van der Waals surface area contributed by atoms with Gasteiger partial charge in [0.1, 0.15) is 11.6 Å². The third-order valence-corrected chi connectivity index (χ3v) is 32.4. The molecule has 0 amide bonds. The molecular weight excluding hydrogens is 1990 g/mol. The van der Waals surface area contributed by atoms with Crippen LogP contribution in [0.1, 0.15) is 29.8 Å². The van der Waals surface area contributed by atoms with Gasteiger partial charge in [0.2, 0.25) is 0 Å². The van der Waals surface area contributed by atoms with Crippen molar-refractivity contribution in [2.24, 2.45) is 0 Å². The first kappa shape index (κ1) is 104. The Morgan fingerprint density at radius 2 is 0.594 bits per heavy atom. The van der Waals surface area contributed by atoms with Gasteiger partial charge in [-0.1, -0.05) is 476 Å². The first-order chi connectivity index (χ1) is 67.0. The van der Waals surface area contributed by atoms with Crippen molar-refractivity contribution < 1.29 is 30.3 Å². The zero-order valence-corrected chi connectivity index (χ0v) is 85.2. The maximum absolute atomic E-state index is 7.92. The Morgan fingerprint density at radius 1 is 0.333 bits per heavy atom. The number of hydrogen-bond acceptors (Lipinski definition) is 6. The number of aromatic nitrogens is 4. The fourth-order valence-corrected chi connectivity index (χ4v) is 25.3. The summed E-state index contributed by atoms with van der Waals surface area (Å²) < 4.78 is 10.6. The quantitative estimate of drug-likeness (QED) is 0.0286. The number of benzene rings is 16. The van der Waals surface area contributed by atoms with Crippen LogP contribution in [0.5, 0.6) is 0 Å². The van der Waals surface area contributed by atoms with Crippen molar-refractivity contribution in [2.75, 3.05) is 31.8 Å². The second-order valence-electron chi connectivity index (χ2n) is 30.9. The maximum Gasteiger partial charge on any atom is 0.123 e. The Morgan fingerprint density at radius 3 is 0.841 bits per heavy atom. The fourth-order valence-electron chi connectivity index (χ4n) is 15.3. The number of nitrogens with two attached hydrogens (primary N) is 2. The molecule has 0 saturated carbocycles. The molecule has 688 valence electrons. The second-order valence-corrected chi connectivity index (χ2v) is 41.5. The van der Waals surface area contributed by atoms with E-state index in [-0.39, 0.29) is 39.4 Å². The Labute approximate surface area is 855 Å². The van der Waals surface area contributed by atoms with Gasteiger partial charge in [-0.2, -0.15) is 0 Å². The molecule has 138 heavy (non-hydrogen) atoms. The molecule has 8 nitrogen and oxygen atoms in total. The summed E-state index contributed by atoms with van der Waals surface area (Å²) in [5.41, 5.74) is 20.8. The molecule has 0 unspecified atom stereocenters. The van der Waals surface area contributed by atoms with Gasteiger partial charge in [0.05, 0.1) is 54.6 Å². The van der Waals surface area contributed by atoms with E-state index >= 15 is 0 Å². The average Bonchev–Trinajstić information content (AvgIpc) is 1.62. The van der Waals surface area contributed by atoms with Crippen LogP contribution in [-0.4, -0.2) is 44.5 Å². The van der Waals surface area contributed by atoms with Crippen LogP contribution in [0.2, 0.25) is 10.0 Å². The van der Waals surface area contributed by atoms with Crippen molar-refractivity contribution in [1.82, 2.24) is 19.1 Å². The Bertz CT molecular complexity index is 6290. The standard InChI is InChI=1S/C25H22ClN3O.C20H15BrClN3.4C18H15P.C4H6O.ClH.Pd/c1-30-14-5-4-7-18-12-13-19-16-24(21-9-2-3-10-22(21)26)29(23(19)15-18)17-20-8-6-11-25(27)28-20;21-14-9-8-13-10-19(16-5-1-2-6-17(16)22)25(18(13)11-14)12-15-4-3-7-20(23)24-15;4*1-4-10-16(11-5-1)19(17-12-6-2-7-13-17)18-14-8-3-9-15-18;1-2-3-4-5;;/h2-3,6,8-13,15-16H,5,14,17H2,1H3,(H2,27,28);1-11H,12H2,(H2,23,24);4*1-15H;1,5H,3-4H2;1H;. The minimum Gasteiger partial charge on any atom is -0.395 e. The first-order valence-electron chi connectivity index (χ1n) is 44.7. The van der Waals surface area contributed by atoms with Crippen LogP contribution in [0.3, 0.4) is 0 Å². The number of ether oxygens (including phenoxy) is 1. The van der Waals surface area contributed by atoms with Gasteiger partial charge in [0.25, 0.3) is 0 Å². The van der Waals surface area contributed by atoms with Crippen molar-refractivity contribution >= 4 is 180 Å². The van der Waals surface area contributed by atoms with E-state index in [1.165, 1.54) is 63.7 Å². The number of terminal acetylenes is 1. The Kier molecular flexibility index (Phi) is 42.4. The SMILES string of the molecule is C#CCCO.COCCC#Cc1ccc2cc(-c3ccccc3Cl)n(Cc3cccc(N)n3)c2c1.Cl.Nc1cccc(Cn2c(-c3ccccc3Cl)cc3ccc(Br)cc32)n1.[Pd].c1ccc(P(c2ccccc2)c2ccccc2)cc1.c1ccc(P(c2ccccc2)c2ccccc2)cc1.c1ccc(P(c2ccccc2)c2ccccc2)cc1.c1ccc(P(c2ccccc2)c2ccccc2)cc1. The molecule has 0 aliphatic rings. The van der Waals surface area contributed by atoms with Crippen LogP contribution in [0, 0.1) is 24.2 Å². The molecule has 20 aromatic rings.